The summed E-state index contributed by atoms with van der Waals surface area (Å²) in [5.41, 5.74) is -0.778. The highest BCUT2D eigenvalue weighted by atomic mass is 16.2. The van der Waals surface area contributed by atoms with Crippen LogP contribution in [0.25, 0.3) is 0 Å². The van der Waals surface area contributed by atoms with Crippen LogP contribution >= 0.6 is 0 Å². The molecule has 7 heteroatoms. The first-order chi connectivity index (χ1) is 11.4. The molecule has 0 aromatic rings. The van der Waals surface area contributed by atoms with Gasteiger partial charge in [0.25, 0.3) is 5.91 Å². The summed E-state index contributed by atoms with van der Waals surface area (Å²) in [5.74, 6) is 0.0877. The van der Waals surface area contributed by atoms with Crippen molar-refractivity contribution < 1.29 is 14.4 Å². The van der Waals surface area contributed by atoms with Crippen LogP contribution in [0.1, 0.15) is 52.9 Å². The number of urea groups is 1. The molecule has 1 atom stereocenters. The zero-order valence-corrected chi connectivity index (χ0v) is 15.0. The lowest BCUT2D eigenvalue weighted by Gasteiger charge is -2.34. The minimum Gasteiger partial charge on any atom is -0.353 e. The Hall–Kier alpha value is -1.63. The van der Waals surface area contributed by atoms with Crippen LogP contribution in [0.15, 0.2) is 0 Å². The van der Waals surface area contributed by atoms with Gasteiger partial charge in [0.15, 0.2) is 0 Å². The molecule has 0 radical (unpaired) electrons. The lowest BCUT2D eigenvalue weighted by molar-refractivity contribution is -0.136. The van der Waals surface area contributed by atoms with Crippen LogP contribution in [-0.2, 0) is 9.59 Å². The minimum atomic E-state index is -0.778. The number of nitrogens with zero attached hydrogens (tertiary/aromatic N) is 1. The highest BCUT2D eigenvalue weighted by molar-refractivity contribution is 6.09. The van der Waals surface area contributed by atoms with Crippen molar-refractivity contribution in [1.82, 2.24) is 20.9 Å². The third-order valence-corrected chi connectivity index (χ3v) is 5.24. The van der Waals surface area contributed by atoms with Gasteiger partial charge in [-0.25, -0.2) is 4.79 Å². The largest absolute Gasteiger partial charge is 0.353 e. The van der Waals surface area contributed by atoms with E-state index in [1.54, 1.807) is 0 Å². The molecular formula is C17H30N4O3. The summed E-state index contributed by atoms with van der Waals surface area (Å²) < 4.78 is 0. The Kier molecular flexibility index (Phi) is 6.21. The number of nitrogens with one attached hydrogen (secondary N) is 3. The number of likely N-dealkylation sites (N-methyl/N-ethyl adjacent to an activating group) is 1. The Morgan fingerprint density at radius 3 is 2.58 bits per heavy atom. The van der Waals surface area contributed by atoms with Gasteiger partial charge >= 0.3 is 6.03 Å². The molecule has 7 nitrogen and oxygen atoms in total. The molecule has 0 aromatic carbocycles. The third kappa shape index (κ3) is 4.06. The van der Waals surface area contributed by atoms with Gasteiger partial charge in [0.2, 0.25) is 5.91 Å². The zero-order chi connectivity index (χ0) is 17.7. The van der Waals surface area contributed by atoms with Gasteiger partial charge in [-0.15, -0.1) is 0 Å². The number of carbonyl (C=O) groups excluding carboxylic acids is 3. The first kappa shape index (κ1) is 18.7. The predicted octanol–water partition coefficient (Wildman–Crippen LogP) is 0.991. The third-order valence-electron chi connectivity index (χ3n) is 5.24. The van der Waals surface area contributed by atoms with Gasteiger partial charge in [-0.3, -0.25) is 14.5 Å². The Morgan fingerprint density at radius 2 is 2.00 bits per heavy atom. The summed E-state index contributed by atoms with van der Waals surface area (Å²) in [5, 5.41) is 8.81. The molecule has 4 amide bonds. The second-order valence-corrected chi connectivity index (χ2v) is 7.02. The van der Waals surface area contributed by atoms with E-state index in [9.17, 15) is 14.4 Å². The van der Waals surface area contributed by atoms with Crippen LogP contribution in [0.4, 0.5) is 4.79 Å². The Balaban J connectivity index is 1.89. The van der Waals surface area contributed by atoms with Gasteiger partial charge in [0, 0.05) is 12.6 Å². The van der Waals surface area contributed by atoms with Crippen LogP contribution < -0.4 is 16.0 Å². The number of imide groups is 1. The van der Waals surface area contributed by atoms with Gasteiger partial charge in [-0.1, -0.05) is 20.3 Å². The number of rotatable bonds is 7. The fraction of sp³-hybridized carbons (Fsp3) is 0.824. The smallest absolute Gasteiger partial charge is 0.325 e. The van der Waals surface area contributed by atoms with Gasteiger partial charge in [-0.2, -0.15) is 0 Å². The molecule has 0 aromatic heterocycles. The maximum absolute atomic E-state index is 12.7. The van der Waals surface area contributed by atoms with E-state index in [1.165, 1.54) is 0 Å². The van der Waals surface area contributed by atoms with E-state index >= 15 is 0 Å². The van der Waals surface area contributed by atoms with E-state index in [-0.39, 0.29) is 24.4 Å². The molecule has 0 bridgehead atoms. The fourth-order valence-electron chi connectivity index (χ4n) is 3.62. The molecule has 136 valence electrons. The average Bonchev–Trinajstić information content (AvgIpc) is 2.78. The van der Waals surface area contributed by atoms with Crippen molar-refractivity contribution >= 4 is 17.8 Å². The van der Waals surface area contributed by atoms with E-state index in [2.05, 4.69) is 22.9 Å². The van der Waals surface area contributed by atoms with Gasteiger partial charge < -0.3 is 16.0 Å². The maximum atomic E-state index is 12.7. The van der Waals surface area contributed by atoms with Gasteiger partial charge in [0.05, 0.1) is 0 Å². The first-order valence-electron chi connectivity index (χ1n) is 9.06. The summed E-state index contributed by atoms with van der Waals surface area (Å²) in [6.07, 6.45) is 4.34. The molecule has 2 rings (SSSR count). The first-order valence-corrected chi connectivity index (χ1v) is 9.06. The van der Waals surface area contributed by atoms with Crippen LogP contribution in [0, 0.1) is 5.92 Å². The lowest BCUT2D eigenvalue weighted by Crippen LogP contribution is -2.50. The van der Waals surface area contributed by atoms with Crippen molar-refractivity contribution in [2.75, 3.05) is 19.6 Å². The molecule has 1 saturated heterocycles. The Bertz CT molecular complexity index is 486. The van der Waals surface area contributed by atoms with E-state index in [0.717, 1.165) is 30.7 Å². The molecule has 24 heavy (non-hydrogen) atoms. The van der Waals surface area contributed by atoms with E-state index in [4.69, 9.17) is 0 Å². The summed E-state index contributed by atoms with van der Waals surface area (Å²) in [6, 6.07) is -0.289. The van der Waals surface area contributed by atoms with E-state index in [0.29, 0.717) is 25.3 Å². The predicted molar refractivity (Wildman–Crippen MR) is 91.4 cm³/mol. The highest BCUT2D eigenvalue weighted by Gasteiger charge is 2.52. The second-order valence-electron chi connectivity index (χ2n) is 7.02. The van der Waals surface area contributed by atoms with Crippen LogP contribution in [0.2, 0.25) is 0 Å². The summed E-state index contributed by atoms with van der Waals surface area (Å²) >= 11 is 0. The normalized spacial score (nSPS) is 28.1. The van der Waals surface area contributed by atoms with Crippen molar-refractivity contribution in [2.24, 2.45) is 5.92 Å². The molecule has 1 heterocycles. The van der Waals surface area contributed by atoms with Gasteiger partial charge in [0.1, 0.15) is 12.1 Å². The summed E-state index contributed by atoms with van der Waals surface area (Å²) in [7, 11) is 0. The molecule has 1 spiro atoms. The zero-order valence-electron chi connectivity index (χ0n) is 15.0. The number of hydrogen-bond acceptors (Lipinski definition) is 4. The number of carbonyl (C=O) groups is 3. The molecule has 2 fully saturated rings. The standard InChI is InChI=1S/C17H30N4O3/c1-4-13-6-8-17(9-7-13)15(23)21(16(24)20-17)11-14(22)19-10-12(3)18-5-2/h12-13,18H,4-11H2,1-3H3,(H,19,22)(H,20,24)/t12-,13?,17?/m1/s1. The minimum absolute atomic E-state index is 0.151. The molecular weight excluding hydrogens is 308 g/mol. The van der Waals surface area contributed by atoms with Crippen LogP contribution in [-0.4, -0.2) is 54.0 Å². The topological polar surface area (TPSA) is 90.5 Å². The molecule has 1 aliphatic heterocycles. The van der Waals surface area contributed by atoms with Crippen LogP contribution in [0.3, 0.4) is 0 Å². The number of amides is 4. The second kappa shape index (κ2) is 7.96. The van der Waals surface area contributed by atoms with Crippen molar-refractivity contribution in [3.8, 4) is 0 Å². The molecule has 1 saturated carbocycles. The fourth-order valence-corrected chi connectivity index (χ4v) is 3.62. The van der Waals surface area contributed by atoms with Crippen LogP contribution in [0.5, 0.6) is 0 Å². The monoisotopic (exact) mass is 338 g/mol. The van der Waals surface area contributed by atoms with Crippen molar-refractivity contribution in [2.45, 2.75) is 64.5 Å². The Morgan fingerprint density at radius 1 is 1.33 bits per heavy atom. The lowest BCUT2D eigenvalue weighted by atomic mass is 9.75. The van der Waals surface area contributed by atoms with Crippen molar-refractivity contribution in [3.63, 3.8) is 0 Å². The summed E-state index contributed by atoms with van der Waals surface area (Å²) in [4.78, 5) is 38.0. The van der Waals surface area contributed by atoms with Gasteiger partial charge in [-0.05, 0) is 45.1 Å². The van der Waals surface area contributed by atoms with E-state index < -0.39 is 11.6 Å². The Labute approximate surface area is 143 Å². The molecule has 1 aliphatic carbocycles. The maximum Gasteiger partial charge on any atom is 0.325 e. The molecule has 3 N–H and O–H groups in total. The number of hydrogen-bond donors (Lipinski definition) is 3. The molecule has 0 unspecified atom stereocenters. The highest BCUT2D eigenvalue weighted by Crippen LogP contribution is 2.37. The quantitative estimate of drug-likeness (QED) is 0.604. The average molecular weight is 338 g/mol. The SMILES string of the molecule is CCN[C@H](C)CNC(=O)CN1C(=O)NC2(CCC(CC)CC2)C1=O. The van der Waals surface area contributed by atoms with Crippen molar-refractivity contribution in [3.05, 3.63) is 0 Å². The van der Waals surface area contributed by atoms with E-state index in [1.807, 2.05) is 13.8 Å². The van der Waals surface area contributed by atoms with Crippen molar-refractivity contribution in [1.29, 1.82) is 0 Å². The molecule has 2 aliphatic rings. The summed E-state index contributed by atoms with van der Waals surface area (Å²) in [6.45, 7) is 7.22.